The lowest BCUT2D eigenvalue weighted by Gasteiger charge is -2.12. The molecular weight excluding hydrogens is 332 g/mol. The van der Waals surface area contributed by atoms with Crippen LogP contribution in [0.5, 0.6) is 17.2 Å². The summed E-state index contributed by atoms with van der Waals surface area (Å²) in [6.45, 7) is 2.16. The van der Waals surface area contributed by atoms with Gasteiger partial charge in [-0.3, -0.25) is 0 Å². The summed E-state index contributed by atoms with van der Waals surface area (Å²) in [5.41, 5.74) is 0.793. The first-order valence-electron chi connectivity index (χ1n) is 7.39. The Kier molecular flexibility index (Phi) is 6.05. The highest BCUT2D eigenvalue weighted by Gasteiger charge is 2.21. The van der Waals surface area contributed by atoms with Crippen LogP contribution in [0.15, 0.2) is 47.4 Å². The molecule has 0 radical (unpaired) electrons. The average molecular weight is 352 g/mol. The zero-order valence-electron chi connectivity index (χ0n) is 13.6. The van der Waals surface area contributed by atoms with E-state index >= 15 is 0 Å². The van der Waals surface area contributed by atoms with Crippen molar-refractivity contribution < 1.29 is 27.2 Å². The van der Waals surface area contributed by atoms with Gasteiger partial charge in [-0.1, -0.05) is 12.1 Å². The highest BCUT2D eigenvalue weighted by molar-refractivity contribution is 7.87. The molecule has 2 rings (SSSR count). The first-order valence-corrected chi connectivity index (χ1v) is 8.80. The maximum atomic E-state index is 12.5. The van der Waals surface area contributed by atoms with Gasteiger partial charge in [-0.2, -0.15) is 8.42 Å². The van der Waals surface area contributed by atoms with Crippen LogP contribution in [0, 0.1) is 6.92 Å². The second kappa shape index (κ2) is 8.03. The van der Waals surface area contributed by atoms with Crippen LogP contribution >= 0.6 is 0 Å². The lowest BCUT2D eigenvalue weighted by Crippen LogP contribution is -2.11. The Morgan fingerprint density at radius 2 is 1.79 bits per heavy atom. The van der Waals surface area contributed by atoms with Crippen LogP contribution in [0.2, 0.25) is 0 Å². The summed E-state index contributed by atoms with van der Waals surface area (Å²) >= 11 is 0. The third-order valence-electron chi connectivity index (χ3n) is 3.14. The molecule has 1 N–H and O–H groups in total. The van der Waals surface area contributed by atoms with Crippen LogP contribution in [0.25, 0.3) is 0 Å². The number of rotatable bonds is 8. The van der Waals surface area contributed by atoms with Gasteiger partial charge in [-0.15, -0.1) is 0 Å². The third-order valence-corrected chi connectivity index (χ3v) is 4.43. The van der Waals surface area contributed by atoms with E-state index in [9.17, 15) is 8.42 Å². The number of aliphatic hydroxyl groups is 1. The molecule has 0 heterocycles. The predicted molar refractivity (Wildman–Crippen MR) is 89.2 cm³/mol. The SMILES string of the molecule is COc1ccccc1S(=O)(=O)Oc1cc(C)cc(OCCCO)c1. The van der Waals surface area contributed by atoms with E-state index in [2.05, 4.69) is 0 Å². The molecule has 0 fully saturated rings. The second-order valence-electron chi connectivity index (χ2n) is 5.10. The van der Waals surface area contributed by atoms with Gasteiger partial charge >= 0.3 is 10.1 Å². The average Bonchev–Trinajstić information content (AvgIpc) is 2.54. The lowest BCUT2D eigenvalue weighted by molar-refractivity contribution is 0.233. The smallest absolute Gasteiger partial charge is 0.342 e. The van der Waals surface area contributed by atoms with E-state index in [1.165, 1.54) is 19.2 Å². The first kappa shape index (κ1) is 18.1. The maximum absolute atomic E-state index is 12.5. The van der Waals surface area contributed by atoms with Crippen LogP contribution in [0.1, 0.15) is 12.0 Å². The molecule has 0 aliphatic rings. The van der Waals surface area contributed by atoms with Gasteiger partial charge in [-0.05, 0) is 36.8 Å². The molecule has 0 aliphatic heterocycles. The van der Waals surface area contributed by atoms with E-state index < -0.39 is 10.1 Å². The van der Waals surface area contributed by atoms with Crippen molar-refractivity contribution in [1.29, 1.82) is 0 Å². The van der Waals surface area contributed by atoms with Crippen molar-refractivity contribution in [1.82, 2.24) is 0 Å². The van der Waals surface area contributed by atoms with Crippen LogP contribution in [-0.2, 0) is 10.1 Å². The van der Waals surface area contributed by atoms with Crippen LogP contribution in [-0.4, -0.2) is 33.8 Å². The van der Waals surface area contributed by atoms with Crippen molar-refractivity contribution in [3.8, 4) is 17.2 Å². The first-order chi connectivity index (χ1) is 11.5. The molecule has 0 aromatic heterocycles. The van der Waals surface area contributed by atoms with Gasteiger partial charge in [0.25, 0.3) is 0 Å². The van der Waals surface area contributed by atoms with Gasteiger partial charge in [0.05, 0.1) is 13.7 Å². The Balaban J connectivity index is 2.26. The number of hydrogen-bond donors (Lipinski definition) is 1. The monoisotopic (exact) mass is 352 g/mol. The quantitative estimate of drug-likeness (QED) is 0.581. The number of aliphatic hydroxyl groups excluding tert-OH is 1. The van der Waals surface area contributed by atoms with Crippen LogP contribution in [0.3, 0.4) is 0 Å². The standard InChI is InChI=1S/C17H20O6S/c1-13-10-14(22-9-5-8-18)12-15(11-13)23-24(19,20)17-7-4-3-6-16(17)21-2/h3-4,6-7,10-12,18H,5,8-9H2,1-2H3. The van der Waals surface area contributed by atoms with E-state index in [1.807, 2.05) is 6.92 Å². The number of hydrogen-bond acceptors (Lipinski definition) is 6. The Morgan fingerprint density at radius 3 is 2.50 bits per heavy atom. The summed E-state index contributed by atoms with van der Waals surface area (Å²) in [6, 6.07) is 11.1. The molecule has 0 unspecified atom stereocenters. The molecule has 6 nitrogen and oxygen atoms in total. The Morgan fingerprint density at radius 1 is 1.08 bits per heavy atom. The predicted octanol–water partition coefficient (Wildman–Crippen LogP) is 2.53. The van der Waals surface area contributed by atoms with E-state index in [1.54, 1.807) is 30.3 Å². The number of methoxy groups -OCH3 is 1. The summed E-state index contributed by atoms with van der Waals surface area (Å²) in [5.74, 6) is 0.846. The topological polar surface area (TPSA) is 82.1 Å². The van der Waals surface area contributed by atoms with Crippen molar-refractivity contribution in [3.05, 3.63) is 48.0 Å². The van der Waals surface area contributed by atoms with Gasteiger partial charge in [0.1, 0.15) is 22.1 Å². The minimum Gasteiger partial charge on any atom is -0.495 e. The minimum atomic E-state index is -4.04. The molecule has 130 valence electrons. The zero-order chi connectivity index (χ0) is 17.6. The van der Waals surface area contributed by atoms with Gasteiger partial charge in [0.15, 0.2) is 0 Å². The Labute approximate surface area is 141 Å². The van der Waals surface area contributed by atoms with E-state index in [0.717, 1.165) is 5.56 Å². The summed E-state index contributed by atoms with van der Waals surface area (Å²) in [5, 5.41) is 8.79. The summed E-state index contributed by atoms with van der Waals surface area (Å²) in [4.78, 5) is -0.0447. The van der Waals surface area contributed by atoms with Crippen LogP contribution in [0.4, 0.5) is 0 Å². The number of benzene rings is 2. The minimum absolute atomic E-state index is 0.0252. The second-order valence-corrected chi connectivity index (χ2v) is 6.61. The Hall–Kier alpha value is -2.25. The third kappa shape index (κ3) is 4.62. The molecule has 0 spiro atoms. The lowest BCUT2D eigenvalue weighted by atomic mass is 10.2. The van der Waals surface area contributed by atoms with Gasteiger partial charge in [-0.25, -0.2) is 0 Å². The van der Waals surface area contributed by atoms with E-state index in [0.29, 0.717) is 18.8 Å². The maximum Gasteiger partial charge on any atom is 0.342 e. The molecule has 0 atom stereocenters. The van der Waals surface area contributed by atoms with Gasteiger partial charge < -0.3 is 18.8 Å². The van der Waals surface area contributed by atoms with E-state index in [-0.39, 0.29) is 23.0 Å². The summed E-state index contributed by atoms with van der Waals surface area (Å²) < 4.78 is 40.7. The number of para-hydroxylation sites is 1. The fourth-order valence-electron chi connectivity index (χ4n) is 2.10. The largest absolute Gasteiger partial charge is 0.495 e. The van der Waals surface area contributed by atoms with Gasteiger partial charge in [0.2, 0.25) is 0 Å². The fraction of sp³-hybridized carbons (Fsp3) is 0.294. The molecule has 0 saturated heterocycles. The molecule has 0 aliphatic carbocycles. The number of ether oxygens (including phenoxy) is 2. The van der Waals surface area contributed by atoms with Crippen molar-refractivity contribution in [3.63, 3.8) is 0 Å². The summed E-state index contributed by atoms with van der Waals surface area (Å²) in [7, 11) is -2.64. The molecule has 2 aromatic rings. The molecule has 24 heavy (non-hydrogen) atoms. The van der Waals surface area contributed by atoms with Crippen molar-refractivity contribution >= 4 is 10.1 Å². The molecule has 2 aromatic carbocycles. The number of aryl methyl sites for hydroxylation is 1. The molecule has 0 bridgehead atoms. The van der Waals surface area contributed by atoms with Crippen molar-refractivity contribution in [2.75, 3.05) is 20.3 Å². The van der Waals surface area contributed by atoms with E-state index in [4.69, 9.17) is 18.8 Å². The normalized spacial score (nSPS) is 11.1. The van der Waals surface area contributed by atoms with Gasteiger partial charge in [0, 0.05) is 19.1 Å². The molecule has 7 heteroatoms. The van der Waals surface area contributed by atoms with Crippen molar-refractivity contribution in [2.45, 2.75) is 18.2 Å². The highest BCUT2D eigenvalue weighted by atomic mass is 32.2. The molecular formula is C17H20O6S. The molecule has 0 amide bonds. The Bertz CT molecular complexity index is 785. The summed E-state index contributed by atoms with van der Waals surface area (Å²) in [6.07, 6.45) is 0.490. The molecule has 0 saturated carbocycles. The van der Waals surface area contributed by atoms with Crippen molar-refractivity contribution in [2.24, 2.45) is 0 Å². The van der Waals surface area contributed by atoms with Crippen LogP contribution < -0.4 is 13.7 Å². The zero-order valence-corrected chi connectivity index (χ0v) is 14.4. The highest BCUT2D eigenvalue weighted by Crippen LogP contribution is 2.29. The fourth-order valence-corrected chi connectivity index (χ4v) is 3.18.